The second kappa shape index (κ2) is 12.1. The van der Waals surface area contributed by atoms with Crippen LogP contribution in [0.25, 0.3) is 99.7 Å². The Morgan fingerprint density at radius 2 is 0.704 bits per heavy atom. The van der Waals surface area contributed by atoms with Crippen LogP contribution in [0.1, 0.15) is 0 Å². The van der Waals surface area contributed by atoms with E-state index in [-0.39, 0.29) is 0 Å². The van der Waals surface area contributed by atoms with Gasteiger partial charge in [0, 0.05) is 60.4 Å². The maximum absolute atomic E-state index is 5.10. The zero-order chi connectivity index (χ0) is 35.6. The van der Waals surface area contributed by atoms with Crippen LogP contribution in [-0.4, -0.2) is 19.1 Å². The molecule has 8 aromatic carbocycles. The van der Waals surface area contributed by atoms with Crippen LogP contribution in [0.3, 0.4) is 0 Å². The van der Waals surface area contributed by atoms with Crippen molar-refractivity contribution in [1.82, 2.24) is 19.1 Å². The molecule has 3 aromatic heterocycles. The number of hydrogen-bond donors (Lipinski definition) is 0. The predicted molar refractivity (Wildman–Crippen MR) is 225 cm³/mol. The number of hydrogen-bond acceptors (Lipinski definition) is 2. The third-order valence-corrected chi connectivity index (χ3v) is 10.7. The van der Waals surface area contributed by atoms with Crippen LogP contribution >= 0.6 is 0 Å². The van der Waals surface area contributed by atoms with Crippen molar-refractivity contribution in [2.24, 2.45) is 0 Å². The first-order chi connectivity index (χ1) is 26.8. The lowest BCUT2D eigenvalue weighted by Gasteiger charge is -2.14. The molecular weight excluding hydrogens is 657 g/mol. The van der Waals surface area contributed by atoms with Crippen LogP contribution < -0.4 is 0 Å². The van der Waals surface area contributed by atoms with Crippen molar-refractivity contribution >= 4 is 54.4 Å². The summed E-state index contributed by atoms with van der Waals surface area (Å²) in [6, 6.07) is 68.9. The Kier molecular flexibility index (Phi) is 6.82. The van der Waals surface area contributed by atoms with E-state index in [4.69, 9.17) is 9.97 Å². The highest BCUT2D eigenvalue weighted by Crippen LogP contribution is 2.47. The van der Waals surface area contributed by atoms with E-state index in [0.29, 0.717) is 5.82 Å². The van der Waals surface area contributed by atoms with E-state index < -0.39 is 0 Å². The second-order valence-corrected chi connectivity index (χ2v) is 13.8. The van der Waals surface area contributed by atoms with Crippen molar-refractivity contribution in [2.75, 3.05) is 0 Å². The monoisotopic (exact) mass is 688 g/mol. The SMILES string of the molecule is c1ccc(-c2cc(-c3ccc(-n4c5ccccc5c5c6c7ccccc7n(-c7ccccc7)c6c6ccccc6c54)cc3)nc(-c3ccccc3)n2)cc1. The van der Waals surface area contributed by atoms with Gasteiger partial charge in [-0.3, -0.25) is 0 Å². The third-order valence-electron chi connectivity index (χ3n) is 10.7. The average molecular weight is 689 g/mol. The quantitative estimate of drug-likeness (QED) is 0.180. The molecule has 0 aliphatic heterocycles. The summed E-state index contributed by atoms with van der Waals surface area (Å²) in [6.07, 6.45) is 0. The van der Waals surface area contributed by atoms with Gasteiger partial charge in [0.2, 0.25) is 0 Å². The number of rotatable bonds is 5. The summed E-state index contributed by atoms with van der Waals surface area (Å²) in [6.45, 7) is 0. The van der Waals surface area contributed by atoms with Crippen LogP contribution in [0.4, 0.5) is 0 Å². The second-order valence-electron chi connectivity index (χ2n) is 13.8. The number of aromatic nitrogens is 4. The highest BCUT2D eigenvalue weighted by Gasteiger charge is 2.24. The summed E-state index contributed by atoms with van der Waals surface area (Å²) < 4.78 is 4.90. The van der Waals surface area contributed by atoms with Gasteiger partial charge in [0.05, 0.1) is 33.5 Å². The minimum Gasteiger partial charge on any atom is -0.309 e. The average Bonchev–Trinajstić information content (AvgIpc) is 3.79. The summed E-state index contributed by atoms with van der Waals surface area (Å²) in [7, 11) is 0. The number of benzene rings is 8. The van der Waals surface area contributed by atoms with Crippen LogP contribution in [0.5, 0.6) is 0 Å². The van der Waals surface area contributed by atoms with Crippen molar-refractivity contribution in [3.63, 3.8) is 0 Å². The van der Waals surface area contributed by atoms with Gasteiger partial charge in [0.1, 0.15) is 0 Å². The van der Waals surface area contributed by atoms with Gasteiger partial charge < -0.3 is 9.13 Å². The first-order valence-electron chi connectivity index (χ1n) is 18.3. The van der Waals surface area contributed by atoms with Gasteiger partial charge in [0.25, 0.3) is 0 Å². The van der Waals surface area contributed by atoms with Crippen molar-refractivity contribution in [2.45, 2.75) is 0 Å². The molecule has 11 rings (SSSR count). The minimum absolute atomic E-state index is 0.712. The molecule has 0 saturated heterocycles. The lowest BCUT2D eigenvalue weighted by molar-refractivity contribution is 1.17. The van der Waals surface area contributed by atoms with Crippen LogP contribution in [-0.2, 0) is 0 Å². The van der Waals surface area contributed by atoms with Gasteiger partial charge in [0.15, 0.2) is 5.82 Å². The molecule has 54 heavy (non-hydrogen) atoms. The molecule has 0 spiro atoms. The number of fused-ring (bicyclic) bond motifs is 10. The molecule has 0 bridgehead atoms. The van der Waals surface area contributed by atoms with E-state index in [2.05, 4.69) is 179 Å². The lowest BCUT2D eigenvalue weighted by Crippen LogP contribution is -1.98. The normalized spacial score (nSPS) is 11.7. The first-order valence-corrected chi connectivity index (χ1v) is 18.3. The standard InChI is InChI=1S/C50H32N4/c1-4-16-33(17-5-1)42-32-43(52-50(51-42)35-18-6-2-7-19-35)34-28-30-37(31-29-34)54-45-27-15-13-25-41(45)47-46-40-24-12-14-26-44(40)53(36-20-8-3-9-21-36)48(46)38-22-10-11-23-39(38)49(47)54/h1-32H. The fourth-order valence-electron chi connectivity index (χ4n) is 8.36. The molecule has 0 amide bonds. The Hall–Kier alpha value is -7.30. The predicted octanol–water partition coefficient (Wildman–Crippen LogP) is 12.8. The van der Waals surface area contributed by atoms with Crippen LogP contribution in [0.2, 0.25) is 0 Å². The minimum atomic E-state index is 0.712. The molecule has 0 aliphatic rings. The molecule has 0 fully saturated rings. The van der Waals surface area contributed by atoms with Gasteiger partial charge in [-0.15, -0.1) is 0 Å². The van der Waals surface area contributed by atoms with E-state index in [1.165, 1.54) is 54.4 Å². The molecule has 0 N–H and O–H groups in total. The van der Waals surface area contributed by atoms with Crippen LogP contribution in [0, 0.1) is 0 Å². The molecule has 3 heterocycles. The summed E-state index contributed by atoms with van der Waals surface area (Å²) in [5.74, 6) is 0.712. The van der Waals surface area contributed by atoms with Gasteiger partial charge >= 0.3 is 0 Å². The molecule has 11 aromatic rings. The Bertz CT molecular complexity index is 3120. The van der Waals surface area contributed by atoms with E-state index in [0.717, 1.165) is 39.5 Å². The van der Waals surface area contributed by atoms with E-state index in [9.17, 15) is 0 Å². The largest absolute Gasteiger partial charge is 0.309 e. The summed E-state index contributed by atoms with van der Waals surface area (Å²) >= 11 is 0. The van der Waals surface area contributed by atoms with Crippen molar-refractivity contribution < 1.29 is 0 Å². The van der Waals surface area contributed by atoms with Crippen LogP contribution in [0.15, 0.2) is 194 Å². The summed E-state index contributed by atoms with van der Waals surface area (Å²) in [5.41, 5.74) is 11.9. The Morgan fingerprint density at radius 3 is 1.22 bits per heavy atom. The van der Waals surface area contributed by atoms with E-state index in [1.807, 2.05) is 24.3 Å². The fraction of sp³-hybridized carbons (Fsp3) is 0. The molecule has 0 atom stereocenters. The highest BCUT2D eigenvalue weighted by molar-refractivity contribution is 6.37. The number of para-hydroxylation sites is 3. The van der Waals surface area contributed by atoms with Gasteiger partial charge in [-0.05, 0) is 42.5 Å². The van der Waals surface area contributed by atoms with E-state index in [1.54, 1.807) is 0 Å². The van der Waals surface area contributed by atoms with Gasteiger partial charge in [-0.1, -0.05) is 152 Å². The Morgan fingerprint density at radius 1 is 0.315 bits per heavy atom. The molecule has 0 radical (unpaired) electrons. The van der Waals surface area contributed by atoms with Gasteiger partial charge in [-0.25, -0.2) is 9.97 Å². The molecule has 0 aliphatic carbocycles. The molecular formula is C50H32N4. The fourth-order valence-corrected chi connectivity index (χ4v) is 8.36. The molecule has 4 nitrogen and oxygen atoms in total. The van der Waals surface area contributed by atoms with E-state index >= 15 is 0 Å². The Balaban J connectivity index is 1.17. The first kappa shape index (κ1) is 30.3. The summed E-state index contributed by atoms with van der Waals surface area (Å²) in [4.78, 5) is 10.1. The van der Waals surface area contributed by atoms with Gasteiger partial charge in [-0.2, -0.15) is 0 Å². The van der Waals surface area contributed by atoms with Crippen molar-refractivity contribution in [1.29, 1.82) is 0 Å². The molecule has 0 unspecified atom stereocenters. The molecule has 0 saturated carbocycles. The summed E-state index contributed by atoms with van der Waals surface area (Å²) in [5, 5.41) is 7.47. The number of nitrogens with zero attached hydrogens (tertiary/aromatic N) is 4. The lowest BCUT2D eigenvalue weighted by atomic mass is 9.99. The smallest absolute Gasteiger partial charge is 0.160 e. The molecule has 252 valence electrons. The zero-order valence-corrected chi connectivity index (χ0v) is 29.3. The zero-order valence-electron chi connectivity index (χ0n) is 29.3. The maximum atomic E-state index is 5.10. The van der Waals surface area contributed by atoms with Crippen molar-refractivity contribution in [3.8, 4) is 45.3 Å². The third kappa shape index (κ3) is 4.64. The maximum Gasteiger partial charge on any atom is 0.160 e. The molecule has 4 heteroatoms. The highest BCUT2D eigenvalue weighted by atomic mass is 15.0. The topological polar surface area (TPSA) is 35.6 Å². The van der Waals surface area contributed by atoms with Crippen molar-refractivity contribution in [3.05, 3.63) is 194 Å². The Labute approximate surface area is 311 Å².